The number of nitrogens with one attached hydrogen (secondary N) is 2. The summed E-state index contributed by atoms with van der Waals surface area (Å²) in [6.07, 6.45) is 2.04. The van der Waals surface area contributed by atoms with Crippen LogP contribution in [0, 0.1) is 0 Å². The Morgan fingerprint density at radius 2 is 1.48 bits per heavy atom. The third kappa shape index (κ3) is 10.7. The zero-order chi connectivity index (χ0) is 46.2. The molecule has 2 heterocycles. The first-order valence-electron chi connectivity index (χ1n) is 21.7. The van der Waals surface area contributed by atoms with Crippen LogP contribution in [0.2, 0.25) is 0 Å². The van der Waals surface area contributed by atoms with Crippen LogP contribution in [0.15, 0.2) is 132 Å². The van der Waals surface area contributed by atoms with Gasteiger partial charge in [-0.3, -0.25) is 29.4 Å². The molecule has 0 spiro atoms. The largest absolute Gasteiger partial charge is 0.494 e. The maximum atomic E-state index is 13.3. The lowest BCUT2D eigenvalue weighted by atomic mass is 9.99. The van der Waals surface area contributed by atoms with Gasteiger partial charge in [0.05, 0.1) is 35.8 Å². The molecule has 0 aliphatic carbocycles. The zero-order valence-corrected chi connectivity index (χ0v) is 37.3. The van der Waals surface area contributed by atoms with E-state index in [0.717, 1.165) is 44.5 Å². The fourth-order valence-corrected chi connectivity index (χ4v) is 8.43. The van der Waals surface area contributed by atoms with Crippen molar-refractivity contribution < 1.29 is 51.3 Å². The van der Waals surface area contributed by atoms with Gasteiger partial charge in [0.15, 0.2) is 9.84 Å². The van der Waals surface area contributed by atoms with Crippen LogP contribution in [0.25, 0.3) is 21.9 Å². The Balaban J connectivity index is 0.800. The topological polar surface area (TPSA) is 176 Å². The quantitative estimate of drug-likeness (QED) is 0.0570. The van der Waals surface area contributed by atoms with Gasteiger partial charge in [0.2, 0.25) is 11.8 Å². The van der Waals surface area contributed by atoms with Crippen LogP contribution in [0.3, 0.4) is 0 Å². The third-order valence-electron chi connectivity index (χ3n) is 11.3. The minimum Gasteiger partial charge on any atom is -0.494 e. The number of amides is 4. The molecular formula is C51H49N3O11S. The van der Waals surface area contributed by atoms with Gasteiger partial charge in [0, 0.05) is 36.2 Å². The van der Waals surface area contributed by atoms with E-state index in [4.69, 9.17) is 23.7 Å². The van der Waals surface area contributed by atoms with Crippen molar-refractivity contribution in [1.29, 1.82) is 0 Å². The van der Waals surface area contributed by atoms with Gasteiger partial charge in [-0.15, -0.1) is 0 Å². The van der Waals surface area contributed by atoms with E-state index < -0.39 is 39.5 Å². The lowest BCUT2D eigenvalue weighted by Crippen LogP contribution is -2.54. The van der Waals surface area contributed by atoms with Crippen molar-refractivity contribution in [2.45, 2.75) is 49.8 Å². The summed E-state index contributed by atoms with van der Waals surface area (Å²) in [7, 11) is -3.36. The highest BCUT2D eigenvalue weighted by Crippen LogP contribution is 2.41. The number of hydrogen-bond acceptors (Lipinski definition) is 12. The summed E-state index contributed by atoms with van der Waals surface area (Å²) in [6.45, 7) is 4.35. The van der Waals surface area contributed by atoms with Crippen LogP contribution in [0.4, 0.5) is 0 Å². The second-order valence-electron chi connectivity index (χ2n) is 16.0. The standard InChI is InChI=1S/C51H49N3O11S/c1-33(52-26-28-61-29-30-63-45-10-6-9-43-47(45)51(58)54(50(43)57)44-23-24-46(55)53-49(44)56)25-27-62-37-14-16-38(17-15-37)65-48-41(35-11-19-40(20-12-35)66(2,59)60)21-13-36-31-39(18-22-42(36)48)64-32-34-7-4-3-5-8-34/h3-22,31,33,44,52H,23-30,32H2,1-2H3,(H,53,55,56). The second-order valence-corrected chi connectivity index (χ2v) is 18.1. The number of nitrogens with zero attached hydrogens (tertiary/aromatic N) is 1. The molecule has 14 nitrogen and oxygen atoms in total. The molecule has 0 aromatic heterocycles. The Bertz CT molecular complexity index is 2850. The van der Waals surface area contributed by atoms with Crippen molar-refractivity contribution in [2.24, 2.45) is 0 Å². The minimum atomic E-state index is -3.36. The van der Waals surface area contributed by atoms with Crippen LogP contribution < -0.4 is 29.6 Å². The average Bonchev–Trinajstić information content (AvgIpc) is 3.57. The first-order valence-corrected chi connectivity index (χ1v) is 23.6. The molecule has 1 saturated heterocycles. The molecule has 2 N–H and O–H groups in total. The van der Waals surface area contributed by atoms with E-state index in [2.05, 4.69) is 17.6 Å². The van der Waals surface area contributed by atoms with Crippen LogP contribution in [-0.2, 0) is 30.8 Å². The summed E-state index contributed by atoms with van der Waals surface area (Å²) in [6, 6.07) is 37.8. The van der Waals surface area contributed by atoms with E-state index in [1.54, 1.807) is 36.4 Å². The fraction of sp³-hybridized carbons (Fsp3) is 0.255. The molecule has 4 amide bonds. The molecule has 6 aromatic rings. The number of fused-ring (bicyclic) bond motifs is 2. The van der Waals surface area contributed by atoms with Gasteiger partial charge in [-0.1, -0.05) is 54.6 Å². The first-order chi connectivity index (χ1) is 31.9. The monoisotopic (exact) mass is 911 g/mol. The van der Waals surface area contributed by atoms with E-state index in [0.29, 0.717) is 43.6 Å². The number of carbonyl (C=O) groups is 4. The molecule has 66 heavy (non-hydrogen) atoms. The van der Waals surface area contributed by atoms with Gasteiger partial charge in [0.1, 0.15) is 48.0 Å². The van der Waals surface area contributed by atoms with Gasteiger partial charge in [-0.25, -0.2) is 8.42 Å². The lowest BCUT2D eigenvalue weighted by molar-refractivity contribution is -0.136. The van der Waals surface area contributed by atoms with Crippen LogP contribution in [-0.4, -0.2) is 88.3 Å². The Kier molecular flexibility index (Phi) is 14.1. The molecule has 0 saturated carbocycles. The van der Waals surface area contributed by atoms with E-state index in [-0.39, 0.29) is 53.9 Å². The molecule has 1 fully saturated rings. The number of hydrogen-bond donors (Lipinski definition) is 2. The molecule has 340 valence electrons. The molecule has 8 rings (SSSR count). The normalized spacial score (nSPS) is 15.4. The van der Waals surface area contributed by atoms with Crippen molar-refractivity contribution in [3.8, 4) is 39.9 Å². The summed E-state index contributed by atoms with van der Waals surface area (Å²) in [5.74, 6) is 0.539. The van der Waals surface area contributed by atoms with Gasteiger partial charge >= 0.3 is 0 Å². The summed E-state index contributed by atoms with van der Waals surface area (Å²) >= 11 is 0. The lowest BCUT2D eigenvalue weighted by Gasteiger charge is -2.27. The fourth-order valence-electron chi connectivity index (χ4n) is 7.80. The van der Waals surface area contributed by atoms with Gasteiger partial charge < -0.3 is 29.0 Å². The Labute approximate surface area is 382 Å². The second kappa shape index (κ2) is 20.4. The molecule has 2 aliphatic rings. The van der Waals surface area contributed by atoms with Crippen LogP contribution in [0.5, 0.6) is 28.7 Å². The maximum absolute atomic E-state index is 13.3. The van der Waals surface area contributed by atoms with E-state index in [1.165, 1.54) is 12.3 Å². The van der Waals surface area contributed by atoms with Gasteiger partial charge in [-0.05, 0) is 109 Å². The molecular weight excluding hydrogens is 863 g/mol. The molecule has 0 radical (unpaired) electrons. The van der Waals surface area contributed by atoms with E-state index in [1.807, 2.05) is 84.9 Å². The number of imide groups is 2. The maximum Gasteiger partial charge on any atom is 0.266 e. The smallest absolute Gasteiger partial charge is 0.266 e. The van der Waals surface area contributed by atoms with Crippen molar-refractivity contribution in [3.63, 3.8) is 0 Å². The van der Waals surface area contributed by atoms with Gasteiger partial charge in [0.25, 0.3) is 11.8 Å². The van der Waals surface area contributed by atoms with Crippen LogP contribution in [0.1, 0.15) is 52.5 Å². The molecule has 2 unspecified atom stereocenters. The molecule has 2 aliphatic heterocycles. The number of rotatable bonds is 20. The molecule has 0 bridgehead atoms. The zero-order valence-electron chi connectivity index (χ0n) is 36.5. The summed E-state index contributed by atoms with van der Waals surface area (Å²) in [5, 5.41) is 7.40. The molecule has 2 atom stereocenters. The summed E-state index contributed by atoms with van der Waals surface area (Å²) in [4.78, 5) is 51.5. The van der Waals surface area contributed by atoms with E-state index in [9.17, 15) is 27.6 Å². The molecule has 6 aromatic carbocycles. The summed E-state index contributed by atoms with van der Waals surface area (Å²) < 4.78 is 54.7. The summed E-state index contributed by atoms with van der Waals surface area (Å²) in [5.41, 5.74) is 2.92. The van der Waals surface area contributed by atoms with Crippen molar-refractivity contribution >= 4 is 44.2 Å². The Morgan fingerprint density at radius 3 is 2.24 bits per heavy atom. The van der Waals surface area contributed by atoms with Crippen molar-refractivity contribution in [2.75, 3.05) is 39.2 Å². The van der Waals surface area contributed by atoms with E-state index >= 15 is 0 Å². The highest BCUT2D eigenvalue weighted by Gasteiger charge is 2.46. The van der Waals surface area contributed by atoms with Crippen LogP contribution >= 0.6 is 0 Å². The first kappa shape index (κ1) is 45.5. The number of piperidine rings is 1. The number of ether oxygens (including phenoxy) is 5. The average molecular weight is 912 g/mol. The minimum absolute atomic E-state index is 0.0419. The predicted octanol–water partition coefficient (Wildman–Crippen LogP) is 7.53. The number of benzene rings is 6. The predicted molar refractivity (Wildman–Crippen MR) is 247 cm³/mol. The number of sulfone groups is 1. The SMILES string of the molecule is CC(CCOc1ccc(Oc2c(-c3ccc(S(C)(=O)=O)cc3)ccc3cc(OCc4ccccc4)ccc23)cc1)NCCOCCOc1cccc2c1C(=O)N(C1CCC(=O)NC1=O)C2=O. The number of carbonyl (C=O) groups excluding carboxylic acids is 4. The van der Waals surface area contributed by atoms with Crippen molar-refractivity contribution in [1.82, 2.24) is 15.5 Å². The molecule has 15 heteroatoms. The highest BCUT2D eigenvalue weighted by atomic mass is 32.2. The van der Waals surface area contributed by atoms with Gasteiger partial charge in [-0.2, -0.15) is 0 Å². The third-order valence-corrected chi connectivity index (χ3v) is 12.4. The Morgan fingerprint density at radius 1 is 0.727 bits per heavy atom. The highest BCUT2D eigenvalue weighted by molar-refractivity contribution is 7.90. The Hall–Kier alpha value is -7.07. The van der Waals surface area contributed by atoms with Crippen molar-refractivity contribution in [3.05, 3.63) is 144 Å².